The predicted molar refractivity (Wildman–Crippen MR) is 128 cm³/mol. The molecule has 0 spiro atoms. The largest absolute Gasteiger partial charge is 0.496 e. The number of halogens is 1. The predicted octanol–water partition coefficient (Wildman–Crippen LogP) is 6.41. The summed E-state index contributed by atoms with van der Waals surface area (Å²) in [5, 5.41) is 0.998. The second-order valence-electron chi connectivity index (χ2n) is 6.92. The van der Waals surface area contributed by atoms with Crippen molar-refractivity contribution in [3.63, 3.8) is 0 Å². The number of fused-ring (bicyclic) bond motifs is 1. The lowest BCUT2D eigenvalue weighted by Gasteiger charge is -2.21. The Morgan fingerprint density at radius 1 is 1.17 bits per heavy atom. The Bertz CT molecular complexity index is 1000. The molecule has 1 heterocycles. The van der Waals surface area contributed by atoms with Crippen molar-refractivity contribution < 1.29 is 9.47 Å². The Morgan fingerprint density at radius 2 is 2.00 bits per heavy atom. The van der Waals surface area contributed by atoms with E-state index in [9.17, 15) is 0 Å². The maximum absolute atomic E-state index is 5.63. The summed E-state index contributed by atoms with van der Waals surface area (Å²) in [5.74, 6) is 0.828. The highest BCUT2D eigenvalue weighted by Crippen LogP contribution is 2.31. The third kappa shape index (κ3) is 5.59. The Labute approximate surface area is 185 Å². The molecule has 0 aliphatic rings. The molecule has 4 nitrogen and oxygen atoms in total. The number of rotatable bonds is 9. The summed E-state index contributed by atoms with van der Waals surface area (Å²) >= 11 is 5.24. The monoisotopic (exact) mass is 474 g/mol. The van der Waals surface area contributed by atoms with Crippen molar-refractivity contribution in [2.24, 2.45) is 0 Å². The van der Waals surface area contributed by atoms with Crippen molar-refractivity contribution in [1.29, 1.82) is 0 Å². The first-order valence-corrected chi connectivity index (χ1v) is 11.3. The van der Waals surface area contributed by atoms with Crippen LogP contribution in [0.2, 0.25) is 0 Å². The number of methoxy groups -OCH3 is 1. The van der Waals surface area contributed by atoms with Crippen LogP contribution in [-0.2, 0) is 4.74 Å². The van der Waals surface area contributed by atoms with Gasteiger partial charge in [0.25, 0.3) is 0 Å². The summed E-state index contributed by atoms with van der Waals surface area (Å²) in [4.78, 5) is 7.04. The third-order valence-corrected chi connectivity index (χ3v) is 6.25. The van der Waals surface area contributed by atoms with Gasteiger partial charge < -0.3 is 14.4 Å². The Morgan fingerprint density at radius 3 is 2.72 bits per heavy atom. The van der Waals surface area contributed by atoms with Crippen molar-refractivity contribution in [2.45, 2.75) is 20.3 Å². The first-order chi connectivity index (χ1) is 14.0. The van der Waals surface area contributed by atoms with E-state index in [0.29, 0.717) is 0 Å². The third-order valence-electron chi connectivity index (χ3n) is 4.65. The van der Waals surface area contributed by atoms with Crippen LogP contribution in [0.15, 0.2) is 34.8 Å². The van der Waals surface area contributed by atoms with Crippen LogP contribution in [0.1, 0.15) is 29.5 Å². The molecule has 154 valence electrons. The Hall–Kier alpha value is -1.89. The van der Waals surface area contributed by atoms with Gasteiger partial charge in [-0.3, -0.25) is 0 Å². The molecule has 2 aromatic carbocycles. The van der Waals surface area contributed by atoms with Gasteiger partial charge in [-0.25, -0.2) is 4.98 Å². The van der Waals surface area contributed by atoms with Gasteiger partial charge in [0.05, 0.1) is 28.4 Å². The molecule has 0 aliphatic carbocycles. The maximum atomic E-state index is 5.63. The SMILES string of the molecule is CCCOCCN(C)c1cc2sc(/C=C/c3ccc(OC)c(Br)c3)nc2cc1C. The zero-order valence-electron chi connectivity index (χ0n) is 17.4. The van der Waals surface area contributed by atoms with E-state index < -0.39 is 0 Å². The summed E-state index contributed by atoms with van der Waals surface area (Å²) in [5.41, 5.74) is 4.61. The first-order valence-electron chi connectivity index (χ1n) is 9.73. The second kappa shape index (κ2) is 10.2. The topological polar surface area (TPSA) is 34.6 Å². The van der Waals surface area contributed by atoms with E-state index in [1.807, 2.05) is 18.2 Å². The van der Waals surface area contributed by atoms with Crippen LogP contribution in [0.3, 0.4) is 0 Å². The number of ether oxygens (including phenoxy) is 2. The molecule has 0 atom stereocenters. The van der Waals surface area contributed by atoms with Crippen molar-refractivity contribution in [2.75, 3.05) is 38.8 Å². The van der Waals surface area contributed by atoms with E-state index in [2.05, 4.69) is 66.0 Å². The average Bonchev–Trinajstić information content (AvgIpc) is 3.10. The van der Waals surface area contributed by atoms with Gasteiger partial charge in [-0.2, -0.15) is 0 Å². The zero-order valence-corrected chi connectivity index (χ0v) is 19.8. The number of benzene rings is 2. The number of nitrogens with zero attached hydrogens (tertiary/aromatic N) is 2. The molecule has 3 rings (SSSR count). The molecule has 0 amide bonds. The van der Waals surface area contributed by atoms with Gasteiger partial charge in [0.15, 0.2) is 0 Å². The first kappa shape index (κ1) is 21.8. The van der Waals surface area contributed by atoms with Gasteiger partial charge in [-0.05, 0) is 70.7 Å². The molecule has 6 heteroatoms. The number of aryl methyl sites for hydroxylation is 1. The van der Waals surface area contributed by atoms with Crippen LogP contribution in [0.5, 0.6) is 5.75 Å². The summed E-state index contributed by atoms with van der Waals surface area (Å²) in [7, 11) is 3.79. The van der Waals surface area contributed by atoms with Crippen LogP contribution in [0, 0.1) is 6.92 Å². The molecule has 0 radical (unpaired) electrons. The van der Waals surface area contributed by atoms with Gasteiger partial charge in [-0.15, -0.1) is 11.3 Å². The molecule has 0 unspecified atom stereocenters. The lowest BCUT2D eigenvalue weighted by molar-refractivity contribution is 0.141. The van der Waals surface area contributed by atoms with Crippen molar-refractivity contribution >= 4 is 55.3 Å². The highest BCUT2D eigenvalue weighted by molar-refractivity contribution is 9.10. The minimum atomic E-state index is 0.746. The van der Waals surface area contributed by atoms with E-state index in [-0.39, 0.29) is 0 Å². The fourth-order valence-electron chi connectivity index (χ4n) is 3.09. The van der Waals surface area contributed by atoms with Gasteiger partial charge in [0, 0.05) is 25.9 Å². The molecule has 0 N–H and O–H groups in total. The summed E-state index contributed by atoms with van der Waals surface area (Å²) < 4.78 is 13.1. The number of thiazole rings is 1. The quantitative estimate of drug-likeness (QED) is 0.335. The lowest BCUT2D eigenvalue weighted by Crippen LogP contribution is -2.23. The van der Waals surface area contributed by atoms with Gasteiger partial charge in [-0.1, -0.05) is 19.1 Å². The lowest BCUT2D eigenvalue weighted by atomic mass is 10.1. The minimum Gasteiger partial charge on any atom is -0.496 e. The normalized spacial score (nSPS) is 11.5. The van der Waals surface area contributed by atoms with E-state index >= 15 is 0 Å². The van der Waals surface area contributed by atoms with Gasteiger partial charge in [0.1, 0.15) is 10.8 Å². The molecular weight excluding hydrogens is 448 g/mol. The van der Waals surface area contributed by atoms with Crippen LogP contribution in [0.25, 0.3) is 22.4 Å². The summed E-state index contributed by atoms with van der Waals surface area (Å²) in [6.45, 7) is 6.72. The Kier molecular flexibility index (Phi) is 7.70. The molecule has 3 aromatic rings. The molecule has 0 aliphatic heterocycles. The highest BCUT2D eigenvalue weighted by Gasteiger charge is 2.10. The zero-order chi connectivity index (χ0) is 20.8. The van der Waals surface area contributed by atoms with Crippen molar-refractivity contribution in [3.8, 4) is 5.75 Å². The average molecular weight is 475 g/mol. The number of hydrogen-bond donors (Lipinski definition) is 0. The molecule has 0 bridgehead atoms. The van der Waals surface area contributed by atoms with Crippen LogP contribution < -0.4 is 9.64 Å². The van der Waals surface area contributed by atoms with Crippen molar-refractivity contribution in [1.82, 2.24) is 4.98 Å². The van der Waals surface area contributed by atoms with Gasteiger partial charge >= 0.3 is 0 Å². The van der Waals surface area contributed by atoms with Crippen LogP contribution in [0.4, 0.5) is 5.69 Å². The van der Waals surface area contributed by atoms with Crippen molar-refractivity contribution in [3.05, 3.63) is 50.9 Å². The standard InChI is InChI=1S/C23H27BrN2O2S/c1-5-11-28-12-10-26(3)20-15-22-19(13-16(20)2)25-23(29-22)9-7-17-6-8-21(27-4)18(24)14-17/h6-9,13-15H,5,10-12H2,1-4H3/b9-7+. The molecule has 1 aromatic heterocycles. The molecular formula is C23H27BrN2O2S. The number of hydrogen-bond acceptors (Lipinski definition) is 5. The fraction of sp³-hybridized carbons (Fsp3) is 0.348. The minimum absolute atomic E-state index is 0.746. The fourth-order valence-corrected chi connectivity index (χ4v) is 4.53. The molecule has 29 heavy (non-hydrogen) atoms. The van der Waals surface area contributed by atoms with E-state index in [1.54, 1.807) is 18.4 Å². The van der Waals surface area contributed by atoms with Crippen LogP contribution >= 0.6 is 27.3 Å². The number of anilines is 1. The van der Waals surface area contributed by atoms with E-state index in [4.69, 9.17) is 14.5 Å². The Balaban J connectivity index is 1.76. The summed E-state index contributed by atoms with van der Waals surface area (Å²) in [6, 6.07) is 10.4. The molecule has 0 fully saturated rings. The van der Waals surface area contributed by atoms with Crippen LogP contribution in [-0.4, -0.2) is 38.9 Å². The van der Waals surface area contributed by atoms with E-state index in [1.165, 1.54) is 16.0 Å². The molecule has 0 saturated heterocycles. The van der Waals surface area contributed by atoms with Gasteiger partial charge in [0.2, 0.25) is 0 Å². The highest BCUT2D eigenvalue weighted by atomic mass is 79.9. The summed E-state index contributed by atoms with van der Waals surface area (Å²) in [6.07, 6.45) is 5.20. The smallest absolute Gasteiger partial charge is 0.133 e. The van der Waals surface area contributed by atoms with E-state index in [0.717, 1.165) is 52.5 Å². The second-order valence-corrected chi connectivity index (χ2v) is 8.84. The number of likely N-dealkylation sites (N-methyl/N-ethyl adjacent to an activating group) is 1. The number of aromatic nitrogens is 1. The molecule has 0 saturated carbocycles. The maximum Gasteiger partial charge on any atom is 0.133 e.